The molecule has 0 aliphatic carbocycles. The summed E-state index contributed by atoms with van der Waals surface area (Å²) in [6.45, 7) is 1.20. The number of H-pyrrole nitrogens is 1. The number of hydrogen-bond donors (Lipinski definition) is 2. The van der Waals surface area contributed by atoms with Gasteiger partial charge in [0, 0.05) is 36.0 Å². The van der Waals surface area contributed by atoms with E-state index >= 15 is 0 Å². The predicted octanol–water partition coefficient (Wildman–Crippen LogP) is 1.79. The third-order valence-corrected chi connectivity index (χ3v) is 3.04. The highest BCUT2D eigenvalue weighted by Gasteiger charge is 2.12. The molecule has 0 atom stereocenters. The first kappa shape index (κ1) is 13.2. The fourth-order valence-electron chi connectivity index (χ4n) is 2.03. The van der Waals surface area contributed by atoms with Gasteiger partial charge < -0.3 is 19.8 Å². The van der Waals surface area contributed by atoms with E-state index in [0.29, 0.717) is 36.0 Å². The number of pyridine rings is 1. The lowest BCUT2D eigenvalue weighted by molar-refractivity contribution is 0.102. The number of aromatic nitrogens is 1. The van der Waals surface area contributed by atoms with Crippen molar-refractivity contribution in [3.05, 3.63) is 52.4 Å². The molecule has 108 valence electrons. The second-order valence-corrected chi connectivity index (χ2v) is 4.61. The maximum atomic E-state index is 12.1. The second kappa shape index (κ2) is 5.70. The van der Waals surface area contributed by atoms with Crippen LogP contribution in [0.1, 0.15) is 16.8 Å². The van der Waals surface area contributed by atoms with Crippen LogP contribution in [0.25, 0.3) is 0 Å². The summed E-state index contributed by atoms with van der Waals surface area (Å²) in [5.41, 5.74) is 0.566. The molecule has 1 aliphatic rings. The van der Waals surface area contributed by atoms with Crippen molar-refractivity contribution < 1.29 is 14.3 Å². The number of amides is 1. The van der Waals surface area contributed by atoms with Crippen LogP contribution in [0, 0.1) is 0 Å². The summed E-state index contributed by atoms with van der Waals surface area (Å²) in [7, 11) is 0. The normalized spacial score (nSPS) is 13.3. The highest BCUT2D eigenvalue weighted by atomic mass is 16.5. The fourth-order valence-corrected chi connectivity index (χ4v) is 2.03. The van der Waals surface area contributed by atoms with Crippen molar-refractivity contribution in [1.29, 1.82) is 0 Å². The standard InChI is InChI=1S/C15H14N2O4/c18-14-8-10(4-5-16-14)15(19)17-11-2-3-12-13(9-11)21-7-1-6-20-12/h2-5,8-9H,1,6-7H2,(H,16,18)(H,17,19). The van der Waals surface area contributed by atoms with Crippen molar-refractivity contribution >= 4 is 11.6 Å². The Morgan fingerprint density at radius 2 is 1.90 bits per heavy atom. The Kier molecular flexibility index (Phi) is 3.59. The third-order valence-electron chi connectivity index (χ3n) is 3.04. The topological polar surface area (TPSA) is 80.4 Å². The van der Waals surface area contributed by atoms with E-state index < -0.39 is 0 Å². The van der Waals surface area contributed by atoms with E-state index in [1.54, 1.807) is 24.3 Å². The zero-order chi connectivity index (χ0) is 14.7. The Labute approximate surface area is 120 Å². The molecule has 1 aromatic heterocycles. The molecule has 0 fully saturated rings. The number of rotatable bonds is 2. The summed E-state index contributed by atoms with van der Waals surface area (Å²) in [5.74, 6) is 0.924. The minimum Gasteiger partial charge on any atom is -0.490 e. The number of ether oxygens (including phenoxy) is 2. The quantitative estimate of drug-likeness (QED) is 0.882. The van der Waals surface area contributed by atoms with Crippen LogP contribution in [-0.4, -0.2) is 24.1 Å². The van der Waals surface area contributed by atoms with E-state index in [4.69, 9.17) is 9.47 Å². The van der Waals surface area contributed by atoms with Crippen LogP contribution in [0.4, 0.5) is 5.69 Å². The summed E-state index contributed by atoms with van der Waals surface area (Å²) in [6.07, 6.45) is 2.26. The van der Waals surface area contributed by atoms with Crippen LogP contribution in [0.5, 0.6) is 11.5 Å². The van der Waals surface area contributed by atoms with Crippen LogP contribution < -0.4 is 20.3 Å². The van der Waals surface area contributed by atoms with Gasteiger partial charge in [-0.15, -0.1) is 0 Å². The van der Waals surface area contributed by atoms with Gasteiger partial charge >= 0.3 is 0 Å². The maximum absolute atomic E-state index is 12.1. The highest BCUT2D eigenvalue weighted by Crippen LogP contribution is 2.32. The Morgan fingerprint density at radius 3 is 2.71 bits per heavy atom. The Bertz CT molecular complexity index is 724. The smallest absolute Gasteiger partial charge is 0.255 e. The van der Waals surface area contributed by atoms with Gasteiger partial charge in [-0.3, -0.25) is 9.59 Å². The van der Waals surface area contributed by atoms with Gasteiger partial charge in [-0.25, -0.2) is 0 Å². The molecule has 0 unspecified atom stereocenters. The van der Waals surface area contributed by atoms with Crippen LogP contribution in [0.3, 0.4) is 0 Å². The number of anilines is 1. The Hall–Kier alpha value is -2.76. The van der Waals surface area contributed by atoms with Crippen LogP contribution in [0.15, 0.2) is 41.3 Å². The number of carbonyl (C=O) groups is 1. The molecule has 1 aliphatic heterocycles. The summed E-state index contributed by atoms with van der Waals surface area (Å²) < 4.78 is 11.1. The number of nitrogens with one attached hydrogen (secondary N) is 2. The maximum Gasteiger partial charge on any atom is 0.255 e. The average Bonchev–Trinajstić information content (AvgIpc) is 2.72. The van der Waals surface area contributed by atoms with Crippen LogP contribution in [-0.2, 0) is 0 Å². The van der Waals surface area contributed by atoms with E-state index in [1.165, 1.54) is 12.3 Å². The molecule has 6 heteroatoms. The molecule has 0 saturated heterocycles. The van der Waals surface area contributed by atoms with Gasteiger partial charge in [-0.2, -0.15) is 0 Å². The molecule has 0 radical (unpaired) electrons. The molecule has 21 heavy (non-hydrogen) atoms. The number of aromatic amines is 1. The molecule has 3 rings (SSSR count). The lowest BCUT2D eigenvalue weighted by Gasteiger charge is -2.10. The average molecular weight is 286 g/mol. The summed E-state index contributed by atoms with van der Waals surface area (Å²) in [4.78, 5) is 25.7. The molecule has 0 saturated carbocycles. The molecule has 6 nitrogen and oxygen atoms in total. The first-order chi connectivity index (χ1) is 10.2. The molecule has 0 spiro atoms. The summed E-state index contributed by atoms with van der Waals surface area (Å²) >= 11 is 0. The molecule has 2 heterocycles. The molecule has 1 amide bonds. The van der Waals surface area contributed by atoms with Gasteiger partial charge in [0.05, 0.1) is 13.2 Å². The van der Waals surface area contributed by atoms with Crippen molar-refractivity contribution in [2.24, 2.45) is 0 Å². The van der Waals surface area contributed by atoms with Gasteiger partial charge in [0.1, 0.15) is 0 Å². The summed E-state index contributed by atoms with van der Waals surface area (Å²) in [5, 5.41) is 2.73. The Balaban J connectivity index is 1.80. The van der Waals surface area contributed by atoms with E-state index in [1.807, 2.05) is 0 Å². The van der Waals surface area contributed by atoms with Gasteiger partial charge in [-0.1, -0.05) is 0 Å². The first-order valence-electron chi connectivity index (χ1n) is 6.62. The van der Waals surface area contributed by atoms with E-state index in [9.17, 15) is 9.59 Å². The van der Waals surface area contributed by atoms with E-state index in [-0.39, 0.29) is 11.5 Å². The Morgan fingerprint density at radius 1 is 1.10 bits per heavy atom. The van der Waals surface area contributed by atoms with Gasteiger partial charge in [0.15, 0.2) is 11.5 Å². The molecular weight excluding hydrogens is 272 g/mol. The number of carbonyl (C=O) groups excluding carboxylic acids is 1. The number of fused-ring (bicyclic) bond motifs is 1. The predicted molar refractivity (Wildman–Crippen MR) is 77.1 cm³/mol. The van der Waals surface area contributed by atoms with E-state index in [0.717, 1.165) is 6.42 Å². The molecule has 2 N–H and O–H groups in total. The van der Waals surface area contributed by atoms with Crippen molar-refractivity contribution in [1.82, 2.24) is 4.98 Å². The highest BCUT2D eigenvalue weighted by molar-refractivity contribution is 6.04. The van der Waals surface area contributed by atoms with E-state index in [2.05, 4.69) is 10.3 Å². The van der Waals surface area contributed by atoms with Gasteiger partial charge in [0.2, 0.25) is 5.56 Å². The van der Waals surface area contributed by atoms with Crippen molar-refractivity contribution in [3.63, 3.8) is 0 Å². The molecule has 1 aromatic carbocycles. The molecular formula is C15H14N2O4. The number of benzene rings is 1. The monoisotopic (exact) mass is 286 g/mol. The summed E-state index contributed by atoms with van der Waals surface area (Å²) in [6, 6.07) is 8.00. The van der Waals surface area contributed by atoms with Crippen LogP contribution in [0.2, 0.25) is 0 Å². The van der Waals surface area contributed by atoms with Crippen molar-refractivity contribution in [2.45, 2.75) is 6.42 Å². The minimum absolute atomic E-state index is 0.297. The minimum atomic E-state index is -0.351. The van der Waals surface area contributed by atoms with Gasteiger partial charge in [-0.05, 0) is 18.2 Å². The SMILES string of the molecule is O=C(Nc1ccc2c(c1)OCCCO2)c1cc[nH]c(=O)c1. The van der Waals surface area contributed by atoms with Crippen molar-refractivity contribution in [3.8, 4) is 11.5 Å². The zero-order valence-electron chi connectivity index (χ0n) is 11.2. The van der Waals surface area contributed by atoms with Crippen LogP contribution >= 0.6 is 0 Å². The largest absolute Gasteiger partial charge is 0.490 e. The van der Waals surface area contributed by atoms with Crippen molar-refractivity contribution in [2.75, 3.05) is 18.5 Å². The first-order valence-corrected chi connectivity index (χ1v) is 6.62. The lowest BCUT2D eigenvalue weighted by Crippen LogP contribution is -2.15. The molecule has 2 aromatic rings. The second-order valence-electron chi connectivity index (χ2n) is 4.61. The zero-order valence-corrected chi connectivity index (χ0v) is 11.2. The van der Waals surface area contributed by atoms with Gasteiger partial charge in [0.25, 0.3) is 5.91 Å². The third kappa shape index (κ3) is 3.05. The number of hydrogen-bond acceptors (Lipinski definition) is 4. The lowest BCUT2D eigenvalue weighted by atomic mass is 10.2. The fraction of sp³-hybridized carbons (Fsp3) is 0.200. The molecule has 0 bridgehead atoms.